The number of aryl methyl sites for hydroxylation is 1. The molecular formula is C29H42BEsN4OSTe-. The summed E-state index contributed by atoms with van der Waals surface area (Å²) in [4.78, 5) is 8.02. The number of aromatic nitrogens is 1. The number of nitrogens with two attached hydrogens (primary N) is 1. The number of nitrogens with zero attached hydrogens (tertiary/aromatic N) is 2. The molecule has 5 nitrogen and oxygen atoms in total. The fourth-order valence-corrected chi connectivity index (χ4v) is 5.73. The first-order valence-corrected chi connectivity index (χ1v) is 14.7. The van der Waals surface area contributed by atoms with Gasteiger partial charge in [-0.25, -0.2) is 18.5 Å². The largest absolute Gasteiger partial charge is 0.431 e. The maximum absolute atomic E-state index is 5.99. The molecule has 3 N–H and O–H groups in total. The zero-order valence-electron chi connectivity index (χ0n) is 23.4. The number of allylic oxidation sites excluding steroid dienone is 2. The van der Waals surface area contributed by atoms with E-state index in [0.29, 0.717) is 5.70 Å². The van der Waals surface area contributed by atoms with Gasteiger partial charge in [-0.05, 0) is 6.92 Å². The fraction of sp³-hybridized carbons (Fsp3) is 0.448. The third-order valence-corrected chi connectivity index (χ3v) is 7.30. The van der Waals surface area contributed by atoms with E-state index in [1.807, 2.05) is 27.8 Å². The molecule has 38 heavy (non-hydrogen) atoms. The molecule has 211 valence electrons. The molecule has 9 heteroatoms. The van der Waals surface area contributed by atoms with Crippen LogP contribution in [-0.2, 0) is 4.74 Å². The molecule has 1 fully saturated rings. The van der Waals surface area contributed by atoms with Crippen LogP contribution in [0.1, 0.15) is 57.8 Å². The fourth-order valence-electron chi connectivity index (χ4n) is 4.37. The number of hydrogen-bond acceptors (Lipinski definition) is 6. The molecule has 3 unspecified atom stereocenters. The van der Waals surface area contributed by atoms with Crippen molar-refractivity contribution in [2.45, 2.75) is 65.6 Å². The van der Waals surface area contributed by atoms with Crippen molar-refractivity contribution < 1.29 is 4.74 Å². The average molecular weight is 885 g/mol. The summed E-state index contributed by atoms with van der Waals surface area (Å²) in [5.41, 5.74) is 13.1. The third kappa shape index (κ3) is 10.5. The number of likely N-dealkylation sites (tertiary alicyclic amines) is 1. The summed E-state index contributed by atoms with van der Waals surface area (Å²) in [5.74, 6) is 0. The van der Waals surface area contributed by atoms with Crippen molar-refractivity contribution in [2.24, 2.45) is 11.1 Å². The molecule has 3 atom stereocenters. The van der Waals surface area contributed by atoms with Crippen LogP contribution in [0.2, 0.25) is 0 Å². The van der Waals surface area contributed by atoms with Crippen molar-refractivity contribution in [3.8, 4) is 10.4 Å². The van der Waals surface area contributed by atoms with E-state index in [9.17, 15) is 0 Å². The number of ether oxygens (including phenoxy) is 1. The van der Waals surface area contributed by atoms with Gasteiger partial charge in [0.2, 0.25) is 0 Å². The molecular weight excluding hydrogens is 843 g/mol. The van der Waals surface area contributed by atoms with E-state index in [1.54, 1.807) is 11.3 Å². The van der Waals surface area contributed by atoms with Gasteiger partial charge in [0, 0.05) is 8.41 Å². The van der Waals surface area contributed by atoms with Crippen LogP contribution in [0.4, 0.5) is 0 Å². The molecule has 0 bridgehead atoms. The van der Waals surface area contributed by atoms with Gasteiger partial charge in [-0.1, -0.05) is 0 Å². The normalized spacial score (nSPS) is 17.3. The molecule has 0 spiro atoms. The van der Waals surface area contributed by atoms with E-state index in [0.717, 1.165) is 35.4 Å². The van der Waals surface area contributed by atoms with Crippen LogP contribution in [0.25, 0.3) is 10.4 Å². The quantitative estimate of drug-likeness (QED) is 0.249. The topological polar surface area (TPSA) is 63.4 Å². The van der Waals surface area contributed by atoms with Crippen molar-refractivity contribution in [3.63, 3.8) is 0 Å². The average Bonchev–Trinajstić information content (AvgIpc) is 3.39. The Morgan fingerprint density at radius 1 is 1.29 bits per heavy atom. The summed E-state index contributed by atoms with van der Waals surface area (Å²) in [7, 11) is 0. The second-order valence-electron chi connectivity index (χ2n) is 10.6. The Hall–Kier alpha value is -2.85. The minimum absolute atomic E-state index is 0. The van der Waals surface area contributed by atoms with E-state index in [4.69, 9.17) is 10.5 Å². The Morgan fingerprint density at radius 3 is 2.34 bits per heavy atom. The molecule has 1 aromatic carbocycles. The van der Waals surface area contributed by atoms with Crippen LogP contribution in [-0.4, -0.2) is 63.9 Å². The third-order valence-electron chi connectivity index (χ3n) is 5.93. The minimum Gasteiger partial charge on any atom is -0.431 e. The zero-order chi connectivity index (χ0) is 27.0. The van der Waals surface area contributed by atoms with E-state index < -0.39 is 0 Å². The first-order valence-electron chi connectivity index (χ1n) is 12.2. The molecule has 1 saturated heterocycles. The van der Waals surface area contributed by atoms with Gasteiger partial charge in [0.25, 0.3) is 0 Å². The maximum Gasteiger partial charge on any atom is 0 e. The second-order valence-corrected chi connectivity index (χ2v) is 12.1. The summed E-state index contributed by atoms with van der Waals surface area (Å²) >= 11 is 3.68. The number of nitrogens with one attached hydrogen (secondary N) is 1. The van der Waals surface area contributed by atoms with Gasteiger partial charge in [-0.2, -0.15) is 0 Å². The van der Waals surface area contributed by atoms with Crippen molar-refractivity contribution in [1.29, 1.82) is 0 Å². The summed E-state index contributed by atoms with van der Waals surface area (Å²) in [6, 6.07) is 9.15. The standard InChI is InChI=1S/C26H36N3OSTe.C3H6N.B.Es/c1-17(13-26(5,6)7)29-14-23(30-16-32)12-24(29)19(3)28-18(2)21-8-10-22(11-9-21)25-20(4)27-15-31-25;1-3(2)4;;/h8-11,15,18,23-24,28H,1,3,12-14,16H2,2,4-7H3;1-2,4H2;;/q;-1;;. The van der Waals surface area contributed by atoms with E-state index in [-0.39, 0.29) is 32.0 Å². The Labute approximate surface area is 244 Å². The summed E-state index contributed by atoms with van der Waals surface area (Å²) < 4.78 is 6.74. The van der Waals surface area contributed by atoms with Crippen LogP contribution in [0.5, 0.6) is 0 Å². The van der Waals surface area contributed by atoms with Gasteiger partial charge in [0.05, 0.1) is 16.1 Å². The molecule has 2 heterocycles. The van der Waals surface area contributed by atoms with Gasteiger partial charge in [0.15, 0.2) is 0 Å². The second kappa shape index (κ2) is 15.5. The Morgan fingerprint density at radius 2 is 1.87 bits per heavy atom. The molecule has 3 rings (SSSR count). The molecule has 2 aromatic rings. The van der Waals surface area contributed by atoms with Crippen molar-refractivity contribution in [2.75, 3.05) is 11.2 Å². The summed E-state index contributed by atoms with van der Waals surface area (Å²) in [5, 5.41) is 3.67. The first kappa shape index (κ1) is 35.2. The van der Waals surface area contributed by atoms with Crippen LogP contribution in [0, 0.1) is 19.3 Å². The zero-order valence-corrected chi connectivity index (χ0v) is 29.0. The van der Waals surface area contributed by atoms with Gasteiger partial charge in [-0.3, -0.25) is 0 Å². The van der Waals surface area contributed by atoms with Crippen LogP contribution < -0.4 is 11.1 Å². The predicted molar refractivity (Wildman–Crippen MR) is 161 cm³/mol. The Balaban J connectivity index is 0.00000213. The molecule has 1 aliphatic rings. The van der Waals surface area contributed by atoms with Crippen molar-refractivity contribution in [3.05, 3.63) is 84.8 Å². The van der Waals surface area contributed by atoms with Gasteiger partial charge < -0.3 is 5.73 Å². The van der Waals surface area contributed by atoms with Crippen LogP contribution in [0.3, 0.4) is 0 Å². The minimum atomic E-state index is 0. The van der Waals surface area contributed by atoms with Crippen LogP contribution in [0.15, 0.2) is 66.6 Å². The first-order chi connectivity index (χ1) is 16.8. The van der Waals surface area contributed by atoms with Crippen molar-refractivity contribution >= 4 is 42.0 Å². The smallest absolute Gasteiger partial charge is 0 e. The van der Waals surface area contributed by atoms with Crippen LogP contribution >= 0.6 is 11.3 Å². The monoisotopic (exact) mass is 887 g/mol. The summed E-state index contributed by atoms with van der Waals surface area (Å²) in [6.45, 7) is 27.2. The number of rotatable bonds is 9. The molecule has 1 aromatic heterocycles. The van der Waals surface area contributed by atoms with Gasteiger partial charge in [-0.15, -0.1) is 17.0 Å². The Kier molecular flexibility index (Phi) is 14.4. The van der Waals surface area contributed by atoms with Gasteiger partial charge in [0.1, 0.15) is 0 Å². The summed E-state index contributed by atoms with van der Waals surface area (Å²) in [6.07, 6.45) is 2.13. The molecule has 5 radical (unpaired) electrons. The van der Waals surface area contributed by atoms with E-state index in [2.05, 4.69) is 101 Å². The molecule has 0 amide bonds. The van der Waals surface area contributed by atoms with Crippen molar-refractivity contribution in [1.82, 2.24) is 15.2 Å². The van der Waals surface area contributed by atoms with E-state index >= 15 is 0 Å². The maximum atomic E-state index is 5.99. The molecule has 1 aliphatic heterocycles. The SMILES string of the molecule is C=C(NC(C)c1ccc(-c2scnc2C)cc1)C1CC(OC[Te])CN1C(=C)CC(C)(C)C.C=C([CH2-])N.[B].[Es]. The number of hydrogen-bond donors (Lipinski definition) is 2. The van der Waals surface area contributed by atoms with E-state index in [1.165, 1.54) is 21.7 Å². The predicted octanol–water partition coefficient (Wildman–Crippen LogP) is 5.73. The number of thiazole rings is 1. The number of benzene rings is 1. The molecule has 0 saturated carbocycles. The Bertz CT molecular complexity index is 1030. The molecule has 0 aliphatic carbocycles. The van der Waals surface area contributed by atoms with Gasteiger partial charge >= 0.3 is 173 Å².